The van der Waals surface area contributed by atoms with Gasteiger partial charge in [-0.05, 0) is 42.0 Å². The van der Waals surface area contributed by atoms with E-state index in [4.69, 9.17) is 0 Å². The van der Waals surface area contributed by atoms with Gasteiger partial charge in [-0.25, -0.2) is 0 Å². The number of rotatable bonds is 4. The van der Waals surface area contributed by atoms with Crippen molar-refractivity contribution in [2.45, 2.75) is 13.0 Å². The molecule has 90 valence electrons. The van der Waals surface area contributed by atoms with Crippen LogP contribution in [0, 0.1) is 5.92 Å². The van der Waals surface area contributed by atoms with Crippen LogP contribution < -0.4 is 5.32 Å². The van der Waals surface area contributed by atoms with Gasteiger partial charge in [0.2, 0.25) is 0 Å². The SMILES string of the molecule is c1ccc2c(CNCC3CCSC3)c[nH]c2c1. The van der Waals surface area contributed by atoms with E-state index in [2.05, 4.69) is 52.5 Å². The molecule has 3 heteroatoms. The van der Waals surface area contributed by atoms with Crippen molar-refractivity contribution in [1.29, 1.82) is 0 Å². The number of aromatic nitrogens is 1. The zero-order valence-corrected chi connectivity index (χ0v) is 10.7. The zero-order chi connectivity index (χ0) is 11.5. The maximum absolute atomic E-state index is 3.59. The van der Waals surface area contributed by atoms with Gasteiger partial charge >= 0.3 is 0 Å². The third-order valence-electron chi connectivity index (χ3n) is 3.45. The Labute approximate surface area is 106 Å². The van der Waals surface area contributed by atoms with Crippen molar-refractivity contribution in [2.24, 2.45) is 5.92 Å². The smallest absolute Gasteiger partial charge is 0.0457 e. The van der Waals surface area contributed by atoms with Crippen LogP contribution in [0.3, 0.4) is 0 Å². The Bertz CT molecular complexity index is 486. The van der Waals surface area contributed by atoms with E-state index in [9.17, 15) is 0 Å². The molecule has 0 saturated carbocycles. The standard InChI is InChI=1S/C14H18N2S/c1-2-4-14-13(3-1)12(9-16-14)8-15-7-11-5-6-17-10-11/h1-4,9,11,15-16H,5-8,10H2. The molecule has 1 saturated heterocycles. The predicted octanol–water partition coefficient (Wildman–Crippen LogP) is 3.01. The molecule has 2 aromatic rings. The monoisotopic (exact) mass is 246 g/mol. The molecular formula is C14H18N2S. The van der Waals surface area contributed by atoms with Crippen molar-refractivity contribution in [3.63, 3.8) is 0 Å². The zero-order valence-electron chi connectivity index (χ0n) is 9.91. The van der Waals surface area contributed by atoms with Crippen LogP contribution in [0.2, 0.25) is 0 Å². The quantitative estimate of drug-likeness (QED) is 0.868. The number of benzene rings is 1. The van der Waals surface area contributed by atoms with Gasteiger partial charge in [-0.3, -0.25) is 0 Å². The van der Waals surface area contributed by atoms with Gasteiger partial charge in [0, 0.05) is 23.6 Å². The lowest BCUT2D eigenvalue weighted by atomic mass is 10.1. The van der Waals surface area contributed by atoms with Crippen LogP contribution in [0.1, 0.15) is 12.0 Å². The van der Waals surface area contributed by atoms with Gasteiger partial charge in [-0.15, -0.1) is 0 Å². The van der Waals surface area contributed by atoms with Crippen molar-refractivity contribution in [2.75, 3.05) is 18.1 Å². The minimum Gasteiger partial charge on any atom is -0.361 e. The number of H-pyrrole nitrogens is 1. The summed E-state index contributed by atoms with van der Waals surface area (Å²) in [4.78, 5) is 3.32. The van der Waals surface area contributed by atoms with Crippen molar-refractivity contribution < 1.29 is 0 Å². The second-order valence-corrected chi connectivity index (χ2v) is 5.87. The Hall–Kier alpha value is -0.930. The highest BCUT2D eigenvalue weighted by Crippen LogP contribution is 2.23. The number of aromatic amines is 1. The van der Waals surface area contributed by atoms with E-state index in [0.717, 1.165) is 19.0 Å². The Morgan fingerprint density at radius 1 is 1.35 bits per heavy atom. The van der Waals surface area contributed by atoms with E-state index >= 15 is 0 Å². The molecule has 1 aromatic heterocycles. The highest BCUT2D eigenvalue weighted by atomic mass is 32.2. The number of hydrogen-bond acceptors (Lipinski definition) is 2. The van der Waals surface area contributed by atoms with Crippen molar-refractivity contribution in [3.8, 4) is 0 Å². The van der Waals surface area contributed by atoms with Crippen LogP contribution >= 0.6 is 11.8 Å². The van der Waals surface area contributed by atoms with Gasteiger partial charge in [0.15, 0.2) is 0 Å². The summed E-state index contributed by atoms with van der Waals surface area (Å²) in [6.07, 6.45) is 3.51. The highest BCUT2D eigenvalue weighted by molar-refractivity contribution is 7.99. The van der Waals surface area contributed by atoms with Gasteiger partial charge in [0.05, 0.1) is 0 Å². The minimum absolute atomic E-state index is 0.880. The molecule has 2 nitrogen and oxygen atoms in total. The number of thioether (sulfide) groups is 1. The number of nitrogens with one attached hydrogen (secondary N) is 2. The van der Waals surface area contributed by atoms with Crippen LogP contribution in [0.25, 0.3) is 10.9 Å². The third-order valence-corrected chi connectivity index (χ3v) is 4.68. The number of hydrogen-bond donors (Lipinski definition) is 2. The van der Waals surface area contributed by atoms with Crippen molar-refractivity contribution >= 4 is 22.7 Å². The largest absolute Gasteiger partial charge is 0.361 e. The first-order valence-electron chi connectivity index (χ1n) is 6.27. The van der Waals surface area contributed by atoms with Crippen LogP contribution in [0.4, 0.5) is 0 Å². The van der Waals surface area contributed by atoms with Crippen LogP contribution in [-0.4, -0.2) is 23.0 Å². The van der Waals surface area contributed by atoms with Crippen LogP contribution in [-0.2, 0) is 6.54 Å². The molecule has 3 rings (SSSR count). The molecule has 1 fully saturated rings. The van der Waals surface area contributed by atoms with E-state index in [0.29, 0.717) is 0 Å². The minimum atomic E-state index is 0.880. The second kappa shape index (κ2) is 5.15. The average molecular weight is 246 g/mol. The summed E-state index contributed by atoms with van der Waals surface area (Å²) in [6, 6.07) is 8.50. The molecule has 0 amide bonds. The molecule has 2 N–H and O–H groups in total. The normalized spacial score (nSPS) is 20.1. The van der Waals surface area contributed by atoms with Gasteiger partial charge in [-0.1, -0.05) is 18.2 Å². The first-order valence-corrected chi connectivity index (χ1v) is 7.42. The molecule has 1 aliphatic heterocycles. The molecule has 1 unspecified atom stereocenters. The molecule has 0 spiro atoms. The van der Waals surface area contributed by atoms with Crippen molar-refractivity contribution in [3.05, 3.63) is 36.0 Å². The third kappa shape index (κ3) is 2.50. The number of para-hydroxylation sites is 1. The Kier molecular flexibility index (Phi) is 3.39. The van der Waals surface area contributed by atoms with Gasteiger partial charge < -0.3 is 10.3 Å². The van der Waals surface area contributed by atoms with Gasteiger partial charge in [0.1, 0.15) is 0 Å². The summed E-state index contributed by atoms with van der Waals surface area (Å²) in [6.45, 7) is 2.14. The fraction of sp³-hybridized carbons (Fsp3) is 0.429. The summed E-state index contributed by atoms with van der Waals surface area (Å²) in [5.41, 5.74) is 2.62. The van der Waals surface area contributed by atoms with Gasteiger partial charge in [-0.2, -0.15) is 11.8 Å². The maximum atomic E-state index is 3.59. The number of fused-ring (bicyclic) bond motifs is 1. The molecular weight excluding hydrogens is 228 g/mol. The predicted molar refractivity (Wildman–Crippen MR) is 75.4 cm³/mol. The Morgan fingerprint density at radius 3 is 3.18 bits per heavy atom. The fourth-order valence-electron chi connectivity index (χ4n) is 2.43. The van der Waals surface area contributed by atoms with E-state index < -0.39 is 0 Å². The van der Waals surface area contributed by atoms with Crippen LogP contribution in [0.15, 0.2) is 30.5 Å². The molecule has 0 aliphatic carbocycles. The highest BCUT2D eigenvalue weighted by Gasteiger charge is 2.14. The van der Waals surface area contributed by atoms with Crippen LogP contribution in [0.5, 0.6) is 0 Å². The van der Waals surface area contributed by atoms with E-state index in [1.807, 2.05) is 0 Å². The molecule has 0 bridgehead atoms. The topological polar surface area (TPSA) is 27.8 Å². The second-order valence-electron chi connectivity index (χ2n) is 4.72. The summed E-state index contributed by atoms with van der Waals surface area (Å²) < 4.78 is 0. The first-order chi connectivity index (χ1) is 8.43. The Balaban J connectivity index is 1.60. The summed E-state index contributed by atoms with van der Waals surface area (Å²) in [5, 5.41) is 4.94. The average Bonchev–Trinajstić information content (AvgIpc) is 2.99. The summed E-state index contributed by atoms with van der Waals surface area (Å²) >= 11 is 2.09. The lowest BCUT2D eigenvalue weighted by Crippen LogP contribution is -2.22. The molecule has 1 aliphatic rings. The van der Waals surface area contributed by atoms with E-state index in [-0.39, 0.29) is 0 Å². The molecule has 1 aromatic carbocycles. The summed E-state index contributed by atoms with van der Waals surface area (Å²) in [5.74, 6) is 3.56. The molecule has 2 heterocycles. The molecule has 1 atom stereocenters. The maximum Gasteiger partial charge on any atom is 0.0457 e. The molecule has 0 radical (unpaired) electrons. The summed E-state index contributed by atoms with van der Waals surface area (Å²) in [7, 11) is 0. The first kappa shape index (κ1) is 11.2. The van der Waals surface area contributed by atoms with Gasteiger partial charge in [0.25, 0.3) is 0 Å². The van der Waals surface area contributed by atoms with Crippen molar-refractivity contribution in [1.82, 2.24) is 10.3 Å². The fourth-order valence-corrected chi connectivity index (χ4v) is 3.72. The Morgan fingerprint density at radius 2 is 2.29 bits per heavy atom. The lowest BCUT2D eigenvalue weighted by Gasteiger charge is -2.09. The molecule has 17 heavy (non-hydrogen) atoms. The van der Waals surface area contributed by atoms with E-state index in [1.54, 1.807) is 0 Å². The lowest BCUT2D eigenvalue weighted by molar-refractivity contribution is 0.524. The van der Waals surface area contributed by atoms with E-state index in [1.165, 1.54) is 34.4 Å².